The smallest absolute Gasteiger partial charge is 0.126 e. The van der Waals surface area contributed by atoms with Crippen molar-refractivity contribution in [2.45, 2.75) is 18.9 Å². The zero-order chi connectivity index (χ0) is 6.81. The Kier molecular flexibility index (Phi) is 1.59. The Bertz CT molecular complexity index is 150. The van der Waals surface area contributed by atoms with E-state index in [0.29, 0.717) is 6.10 Å². The summed E-state index contributed by atoms with van der Waals surface area (Å²) in [4.78, 5) is 4.30. The summed E-state index contributed by atoms with van der Waals surface area (Å²) in [5.74, 6) is 1.08. The van der Waals surface area contributed by atoms with Gasteiger partial charge in [-0.2, -0.15) is 0 Å². The van der Waals surface area contributed by atoms with Crippen molar-refractivity contribution in [1.29, 1.82) is 0 Å². The molecule has 0 spiro atoms. The van der Waals surface area contributed by atoms with E-state index in [1.165, 1.54) is 6.42 Å². The monoisotopic (exact) mass is 140 g/mol. The van der Waals surface area contributed by atoms with Crippen molar-refractivity contribution >= 4 is 5.84 Å². The molecule has 1 saturated heterocycles. The maximum Gasteiger partial charge on any atom is 0.126 e. The van der Waals surface area contributed by atoms with E-state index >= 15 is 0 Å². The van der Waals surface area contributed by atoms with Crippen LogP contribution >= 0.6 is 0 Å². The molecule has 3 heteroatoms. The van der Waals surface area contributed by atoms with E-state index in [1.54, 1.807) is 0 Å². The molecule has 0 amide bonds. The fourth-order valence-corrected chi connectivity index (χ4v) is 1.43. The standard InChI is InChI=1S/C7H12N2O/c1-2-6(10-5-1)7-8-3-4-9-7/h6H,1-5H2,(H,8,9). The van der Waals surface area contributed by atoms with Crippen LogP contribution in [0.4, 0.5) is 0 Å². The molecule has 0 aromatic rings. The SMILES string of the molecule is C1COC(C2=NCCN2)C1. The van der Waals surface area contributed by atoms with E-state index in [-0.39, 0.29) is 0 Å². The largest absolute Gasteiger partial charge is 0.370 e. The number of nitrogens with one attached hydrogen (secondary N) is 1. The molecule has 10 heavy (non-hydrogen) atoms. The first kappa shape index (κ1) is 6.16. The molecule has 0 radical (unpaired) electrons. The Morgan fingerprint density at radius 2 is 2.60 bits per heavy atom. The molecule has 56 valence electrons. The van der Waals surface area contributed by atoms with Gasteiger partial charge in [-0.3, -0.25) is 4.99 Å². The van der Waals surface area contributed by atoms with Crippen LogP contribution in [0, 0.1) is 0 Å². The van der Waals surface area contributed by atoms with Crippen molar-refractivity contribution in [2.75, 3.05) is 19.7 Å². The molecule has 2 aliphatic heterocycles. The van der Waals surface area contributed by atoms with E-state index in [2.05, 4.69) is 10.3 Å². The highest BCUT2D eigenvalue weighted by molar-refractivity contribution is 5.88. The molecule has 2 rings (SSSR count). The van der Waals surface area contributed by atoms with Gasteiger partial charge in [0.15, 0.2) is 0 Å². The van der Waals surface area contributed by atoms with Crippen LogP contribution < -0.4 is 5.32 Å². The van der Waals surface area contributed by atoms with Gasteiger partial charge < -0.3 is 10.1 Å². The number of aliphatic imine (C=N–C) groups is 1. The number of ether oxygens (including phenoxy) is 1. The zero-order valence-electron chi connectivity index (χ0n) is 5.97. The summed E-state index contributed by atoms with van der Waals surface area (Å²) >= 11 is 0. The van der Waals surface area contributed by atoms with Gasteiger partial charge in [0.2, 0.25) is 0 Å². The van der Waals surface area contributed by atoms with Crippen LogP contribution in [0.25, 0.3) is 0 Å². The lowest BCUT2D eigenvalue weighted by Gasteiger charge is -2.08. The Hall–Kier alpha value is -0.570. The van der Waals surface area contributed by atoms with Crippen molar-refractivity contribution in [2.24, 2.45) is 4.99 Å². The Balaban J connectivity index is 1.97. The maximum atomic E-state index is 5.44. The Morgan fingerprint density at radius 3 is 3.20 bits per heavy atom. The molecular formula is C7H12N2O. The molecule has 1 N–H and O–H groups in total. The normalized spacial score (nSPS) is 32.0. The second-order valence-corrected chi connectivity index (χ2v) is 2.70. The molecule has 1 unspecified atom stereocenters. The summed E-state index contributed by atoms with van der Waals surface area (Å²) in [6.07, 6.45) is 2.62. The Morgan fingerprint density at radius 1 is 1.60 bits per heavy atom. The van der Waals surface area contributed by atoms with Crippen LogP contribution in [-0.2, 0) is 4.74 Å². The summed E-state index contributed by atoms with van der Waals surface area (Å²) in [6, 6.07) is 0. The predicted octanol–water partition coefficient (Wildman–Crippen LogP) is 0.167. The number of hydrogen-bond acceptors (Lipinski definition) is 3. The summed E-state index contributed by atoms with van der Waals surface area (Å²) in [5.41, 5.74) is 0. The molecule has 1 atom stereocenters. The lowest BCUT2D eigenvalue weighted by Crippen LogP contribution is -2.30. The minimum absolute atomic E-state index is 0.294. The highest BCUT2D eigenvalue weighted by Crippen LogP contribution is 2.13. The minimum Gasteiger partial charge on any atom is -0.370 e. The summed E-state index contributed by atoms with van der Waals surface area (Å²) in [7, 11) is 0. The lowest BCUT2D eigenvalue weighted by atomic mass is 10.2. The lowest BCUT2D eigenvalue weighted by molar-refractivity contribution is 0.156. The first-order valence-electron chi connectivity index (χ1n) is 3.86. The summed E-state index contributed by atoms with van der Waals surface area (Å²) in [6.45, 7) is 2.83. The van der Waals surface area contributed by atoms with Crippen molar-refractivity contribution in [3.8, 4) is 0 Å². The van der Waals surface area contributed by atoms with Crippen molar-refractivity contribution < 1.29 is 4.74 Å². The van der Waals surface area contributed by atoms with Gasteiger partial charge in [-0.1, -0.05) is 0 Å². The maximum absolute atomic E-state index is 5.44. The van der Waals surface area contributed by atoms with E-state index in [9.17, 15) is 0 Å². The second-order valence-electron chi connectivity index (χ2n) is 2.70. The summed E-state index contributed by atoms with van der Waals surface area (Å²) < 4.78 is 5.44. The Labute approximate surface area is 60.5 Å². The molecular weight excluding hydrogens is 128 g/mol. The van der Waals surface area contributed by atoms with E-state index in [0.717, 1.165) is 32.0 Å². The van der Waals surface area contributed by atoms with Crippen LogP contribution in [0.5, 0.6) is 0 Å². The first-order valence-corrected chi connectivity index (χ1v) is 3.86. The van der Waals surface area contributed by atoms with Gasteiger partial charge in [0.25, 0.3) is 0 Å². The fraction of sp³-hybridized carbons (Fsp3) is 0.857. The van der Waals surface area contributed by atoms with Gasteiger partial charge in [-0.05, 0) is 12.8 Å². The van der Waals surface area contributed by atoms with Gasteiger partial charge in [0.05, 0.1) is 6.54 Å². The topological polar surface area (TPSA) is 33.6 Å². The van der Waals surface area contributed by atoms with Crippen molar-refractivity contribution in [3.63, 3.8) is 0 Å². The molecule has 3 nitrogen and oxygen atoms in total. The van der Waals surface area contributed by atoms with E-state index < -0.39 is 0 Å². The number of nitrogens with zero attached hydrogens (tertiary/aromatic N) is 1. The van der Waals surface area contributed by atoms with Gasteiger partial charge in [-0.15, -0.1) is 0 Å². The highest BCUT2D eigenvalue weighted by Gasteiger charge is 2.22. The zero-order valence-corrected chi connectivity index (χ0v) is 5.97. The third-order valence-electron chi connectivity index (χ3n) is 1.93. The van der Waals surface area contributed by atoms with Crippen LogP contribution in [0.15, 0.2) is 4.99 Å². The van der Waals surface area contributed by atoms with Gasteiger partial charge >= 0.3 is 0 Å². The average molecular weight is 140 g/mol. The third kappa shape index (κ3) is 1.01. The van der Waals surface area contributed by atoms with E-state index in [4.69, 9.17) is 4.74 Å². The van der Waals surface area contributed by atoms with Gasteiger partial charge in [0.1, 0.15) is 11.9 Å². The molecule has 2 aliphatic rings. The fourth-order valence-electron chi connectivity index (χ4n) is 1.43. The molecule has 0 aromatic heterocycles. The van der Waals surface area contributed by atoms with Gasteiger partial charge in [-0.25, -0.2) is 0 Å². The van der Waals surface area contributed by atoms with Crippen molar-refractivity contribution in [1.82, 2.24) is 5.32 Å². The molecule has 0 aliphatic carbocycles. The van der Waals surface area contributed by atoms with Crippen molar-refractivity contribution in [3.05, 3.63) is 0 Å². The third-order valence-corrected chi connectivity index (χ3v) is 1.93. The number of hydrogen-bond donors (Lipinski definition) is 1. The first-order chi connectivity index (χ1) is 4.97. The molecule has 0 saturated carbocycles. The highest BCUT2D eigenvalue weighted by atomic mass is 16.5. The molecule has 2 heterocycles. The molecule has 0 bridgehead atoms. The second kappa shape index (κ2) is 2.58. The molecule has 1 fully saturated rings. The van der Waals surface area contributed by atoms with E-state index in [1.807, 2.05) is 0 Å². The van der Waals surface area contributed by atoms with Crippen LogP contribution in [0.2, 0.25) is 0 Å². The molecule has 0 aromatic carbocycles. The number of amidine groups is 1. The van der Waals surface area contributed by atoms with Crippen LogP contribution in [-0.4, -0.2) is 31.6 Å². The quantitative estimate of drug-likeness (QED) is 0.563. The average Bonchev–Trinajstić information content (AvgIpc) is 2.59. The predicted molar refractivity (Wildman–Crippen MR) is 39.3 cm³/mol. The minimum atomic E-state index is 0.294. The van der Waals surface area contributed by atoms with Gasteiger partial charge in [0, 0.05) is 13.2 Å². The summed E-state index contributed by atoms with van der Waals surface area (Å²) in [5, 5.41) is 3.22. The van der Waals surface area contributed by atoms with Crippen LogP contribution in [0.1, 0.15) is 12.8 Å². The van der Waals surface area contributed by atoms with Crippen LogP contribution in [0.3, 0.4) is 0 Å². The number of rotatable bonds is 1.